The van der Waals surface area contributed by atoms with Gasteiger partial charge in [-0.1, -0.05) is 33.8 Å². The lowest BCUT2D eigenvalue weighted by molar-refractivity contribution is 0.577. The summed E-state index contributed by atoms with van der Waals surface area (Å²) in [6.07, 6.45) is 4.77. The SMILES string of the molecule is CCc1nc2c(cc1C(C)(C)C)CCC2. The third kappa shape index (κ3) is 1.92. The summed E-state index contributed by atoms with van der Waals surface area (Å²) < 4.78 is 0. The summed E-state index contributed by atoms with van der Waals surface area (Å²) in [5.41, 5.74) is 5.85. The Morgan fingerprint density at radius 2 is 2.00 bits per heavy atom. The molecule has 1 aliphatic carbocycles. The van der Waals surface area contributed by atoms with Gasteiger partial charge in [0.25, 0.3) is 0 Å². The van der Waals surface area contributed by atoms with E-state index in [4.69, 9.17) is 4.98 Å². The molecular formula is C14H21N. The van der Waals surface area contributed by atoms with Gasteiger partial charge in [0.2, 0.25) is 0 Å². The van der Waals surface area contributed by atoms with E-state index in [9.17, 15) is 0 Å². The van der Waals surface area contributed by atoms with Crippen LogP contribution in [0, 0.1) is 0 Å². The minimum atomic E-state index is 0.232. The highest BCUT2D eigenvalue weighted by atomic mass is 14.7. The lowest BCUT2D eigenvalue weighted by atomic mass is 9.84. The van der Waals surface area contributed by atoms with Crippen LogP contribution >= 0.6 is 0 Å². The predicted octanol–water partition coefficient (Wildman–Crippen LogP) is 3.43. The van der Waals surface area contributed by atoms with E-state index in [1.807, 2.05) is 0 Å². The molecule has 0 N–H and O–H groups in total. The molecule has 1 aliphatic rings. The molecular weight excluding hydrogens is 182 g/mol. The first-order valence-electron chi connectivity index (χ1n) is 6.04. The molecule has 0 aliphatic heterocycles. The quantitative estimate of drug-likeness (QED) is 0.681. The van der Waals surface area contributed by atoms with E-state index in [0.29, 0.717) is 0 Å². The third-order valence-electron chi connectivity index (χ3n) is 3.27. The van der Waals surface area contributed by atoms with Crippen LogP contribution in [0.25, 0.3) is 0 Å². The zero-order valence-corrected chi connectivity index (χ0v) is 10.4. The molecule has 0 spiro atoms. The highest BCUT2D eigenvalue weighted by Crippen LogP contribution is 2.30. The van der Waals surface area contributed by atoms with Crippen molar-refractivity contribution in [1.82, 2.24) is 4.98 Å². The molecule has 1 heteroatoms. The van der Waals surface area contributed by atoms with Crippen molar-refractivity contribution in [2.45, 2.75) is 58.8 Å². The third-order valence-corrected chi connectivity index (χ3v) is 3.27. The van der Waals surface area contributed by atoms with Crippen molar-refractivity contribution in [3.8, 4) is 0 Å². The fourth-order valence-electron chi connectivity index (χ4n) is 2.43. The van der Waals surface area contributed by atoms with Gasteiger partial charge < -0.3 is 0 Å². The average Bonchev–Trinajstić information content (AvgIpc) is 2.60. The number of pyridine rings is 1. The van der Waals surface area contributed by atoms with Crippen LogP contribution in [0.1, 0.15) is 56.6 Å². The van der Waals surface area contributed by atoms with Gasteiger partial charge in [-0.2, -0.15) is 0 Å². The Kier molecular flexibility index (Phi) is 2.57. The molecule has 1 aromatic rings. The van der Waals surface area contributed by atoms with Crippen molar-refractivity contribution in [2.24, 2.45) is 0 Å². The van der Waals surface area contributed by atoms with E-state index in [-0.39, 0.29) is 5.41 Å². The van der Waals surface area contributed by atoms with Crippen LogP contribution in [-0.4, -0.2) is 4.98 Å². The van der Waals surface area contributed by atoms with Gasteiger partial charge in [0, 0.05) is 11.4 Å². The fraction of sp³-hybridized carbons (Fsp3) is 0.643. The topological polar surface area (TPSA) is 12.9 Å². The second-order valence-electron chi connectivity index (χ2n) is 5.55. The van der Waals surface area contributed by atoms with Crippen molar-refractivity contribution in [1.29, 1.82) is 0 Å². The molecule has 1 aromatic heterocycles. The van der Waals surface area contributed by atoms with Gasteiger partial charge in [-0.15, -0.1) is 0 Å². The Labute approximate surface area is 92.9 Å². The number of fused-ring (bicyclic) bond motifs is 1. The second-order valence-corrected chi connectivity index (χ2v) is 5.55. The predicted molar refractivity (Wildman–Crippen MR) is 64.3 cm³/mol. The molecule has 0 unspecified atom stereocenters. The summed E-state index contributed by atoms with van der Waals surface area (Å²) in [6.45, 7) is 9.05. The molecule has 0 fully saturated rings. The smallest absolute Gasteiger partial charge is 0.0441 e. The average molecular weight is 203 g/mol. The maximum absolute atomic E-state index is 4.84. The monoisotopic (exact) mass is 203 g/mol. The van der Waals surface area contributed by atoms with Crippen LogP contribution in [0.3, 0.4) is 0 Å². The second kappa shape index (κ2) is 3.62. The Balaban J connectivity index is 2.54. The van der Waals surface area contributed by atoms with Crippen molar-refractivity contribution >= 4 is 0 Å². The number of aromatic nitrogens is 1. The van der Waals surface area contributed by atoms with E-state index >= 15 is 0 Å². The van der Waals surface area contributed by atoms with Gasteiger partial charge in [0.1, 0.15) is 0 Å². The molecule has 15 heavy (non-hydrogen) atoms. The lowest BCUT2D eigenvalue weighted by Crippen LogP contribution is -2.16. The summed E-state index contributed by atoms with van der Waals surface area (Å²) in [5, 5.41) is 0. The van der Waals surface area contributed by atoms with Crippen LogP contribution in [0.5, 0.6) is 0 Å². The van der Waals surface area contributed by atoms with Crippen LogP contribution in [0.15, 0.2) is 6.07 Å². The van der Waals surface area contributed by atoms with Crippen molar-refractivity contribution in [3.63, 3.8) is 0 Å². The van der Waals surface area contributed by atoms with Gasteiger partial charge in [0.15, 0.2) is 0 Å². The molecule has 0 bridgehead atoms. The Hall–Kier alpha value is -0.850. The minimum Gasteiger partial charge on any atom is -0.257 e. The number of aryl methyl sites for hydroxylation is 3. The standard InChI is InChI=1S/C14H21N/c1-5-12-11(14(2,3)4)9-10-7-6-8-13(10)15-12/h9H,5-8H2,1-4H3. The number of hydrogen-bond acceptors (Lipinski definition) is 1. The van der Waals surface area contributed by atoms with Gasteiger partial charge in [-0.25, -0.2) is 0 Å². The number of rotatable bonds is 1. The Morgan fingerprint density at radius 1 is 1.27 bits per heavy atom. The van der Waals surface area contributed by atoms with Gasteiger partial charge in [-0.05, 0) is 42.2 Å². The van der Waals surface area contributed by atoms with Crippen molar-refractivity contribution in [3.05, 3.63) is 28.6 Å². The first-order chi connectivity index (χ1) is 7.02. The summed E-state index contributed by atoms with van der Waals surface area (Å²) in [7, 11) is 0. The van der Waals surface area contributed by atoms with Gasteiger partial charge in [0.05, 0.1) is 0 Å². The molecule has 2 rings (SSSR count). The van der Waals surface area contributed by atoms with Gasteiger partial charge >= 0.3 is 0 Å². The summed E-state index contributed by atoms with van der Waals surface area (Å²) >= 11 is 0. The van der Waals surface area contributed by atoms with Crippen LogP contribution in [0.4, 0.5) is 0 Å². The number of hydrogen-bond donors (Lipinski definition) is 0. The summed E-state index contributed by atoms with van der Waals surface area (Å²) in [6, 6.07) is 2.41. The highest BCUT2D eigenvalue weighted by molar-refractivity contribution is 5.37. The molecule has 82 valence electrons. The van der Waals surface area contributed by atoms with Crippen molar-refractivity contribution < 1.29 is 0 Å². The molecule has 0 amide bonds. The maximum Gasteiger partial charge on any atom is 0.0441 e. The molecule has 0 saturated carbocycles. The van der Waals surface area contributed by atoms with E-state index < -0.39 is 0 Å². The molecule has 0 radical (unpaired) electrons. The highest BCUT2D eigenvalue weighted by Gasteiger charge is 2.22. The Bertz CT molecular complexity index is 372. The fourth-order valence-corrected chi connectivity index (χ4v) is 2.43. The minimum absolute atomic E-state index is 0.232. The molecule has 0 atom stereocenters. The first-order valence-corrected chi connectivity index (χ1v) is 6.04. The van der Waals surface area contributed by atoms with E-state index in [1.165, 1.54) is 41.8 Å². The number of nitrogens with zero attached hydrogens (tertiary/aromatic N) is 1. The Morgan fingerprint density at radius 3 is 2.60 bits per heavy atom. The van der Waals surface area contributed by atoms with Crippen LogP contribution in [-0.2, 0) is 24.7 Å². The van der Waals surface area contributed by atoms with Crippen molar-refractivity contribution in [2.75, 3.05) is 0 Å². The van der Waals surface area contributed by atoms with Crippen LogP contribution in [0.2, 0.25) is 0 Å². The lowest BCUT2D eigenvalue weighted by Gasteiger charge is -2.23. The van der Waals surface area contributed by atoms with E-state index in [2.05, 4.69) is 33.8 Å². The molecule has 1 heterocycles. The zero-order chi connectivity index (χ0) is 11.1. The van der Waals surface area contributed by atoms with Crippen LogP contribution < -0.4 is 0 Å². The van der Waals surface area contributed by atoms with Gasteiger partial charge in [-0.3, -0.25) is 4.98 Å². The van der Waals surface area contributed by atoms with E-state index in [0.717, 1.165) is 6.42 Å². The molecule has 1 nitrogen and oxygen atoms in total. The maximum atomic E-state index is 4.84. The molecule has 0 aromatic carbocycles. The zero-order valence-electron chi connectivity index (χ0n) is 10.4. The normalized spacial score (nSPS) is 15.5. The summed E-state index contributed by atoms with van der Waals surface area (Å²) in [4.78, 5) is 4.84. The van der Waals surface area contributed by atoms with E-state index in [1.54, 1.807) is 0 Å². The largest absolute Gasteiger partial charge is 0.257 e. The summed E-state index contributed by atoms with van der Waals surface area (Å²) in [5.74, 6) is 0. The first kappa shape index (κ1) is 10.7. The molecule has 0 saturated heterocycles.